The topological polar surface area (TPSA) is 217 Å². The molecule has 1 saturated heterocycles. The van der Waals surface area contributed by atoms with Crippen LogP contribution in [0.15, 0.2) is 18.2 Å². The summed E-state index contributed by atoms with van der Waals surface area (Å²) in [6.07, 6.45) is -5.21. The van der Waals surface area contributed by atoms with E-state index in [1.807, 2.05) is 0 Å². The number of rotatable bonds is 5. The van der Waals surface area contributed by atoms with E-state index in [0.717, 1.165) is 0 Å². The van der Waals surface area contributed by atoms with Crippen LogP contribution < -0.4 is 5.73 Å². The van der Waals surface area contributed by atoms with E-state index in [9.17, 15) is 45.0 Å². The van der Waals surface area contributed by atoms with Crippen molar-refractivity contribution in [1.82, 2.24) is 0 Å². The van der Waals surface area contributed by atoms with Crippen molar-refractivity contribution < 1.29 is 54.5 Å². The van der Waals surface area contributed by atoms with Crippen LogP contribution in [0.2, 0.25) is 0 Å². The molecular formula is C27H30ClNO11. The van der Waals surface area contributed by atoms with Gasteiger partial charge in [-0.05, 0) is 12.5 Å². The monoisotopic (exact) mass is 579 g/mol. The first-order valence-electron chi connectivity index (χ1n) is 12.5. The highest BCUT2D eigenvalue weighted by Gasteiger charge is 2.50. The quantitative estimate of drug-likeness (QED) is 0.197. The fourth-order valence-corrected chi connectivity index (χ4v) is 5.81. The lowest BCUT2D eigenvalue weighted by atomic mass is 9.71. The van der Waals surface area contributed by atoms with Crippen LogP contribution in [0.25, 0.3) is 0 Å². The van der Waals surface area contributed by atoms with Crippen LogP contribution >= 0.6 is 12.4 Å². The molecule has 13 heteroatoms. The van der Waals surface area contributed by atoms with Gasteiger partial charge in [-0.3, -0.25) is 14.4 Å². The summed E-state index contributed by atoms with van der Waals surface area (Å²) < 4.78 is 11.7. The molecule has 0 spiro atoms. The molecular weight excluding hydrogens is 550 g/mol. The number of hydrogen-bond acceptors (Lipinski definition) is 12. The average molecular weight is 580 g/mol. The van der Waals surface area contributed by atoms with Crippen LogP contribution in [0.3, 0.4) is 0 Å². The van der Waals surface area contributed by atoms with Gasteiger partial charge in [0.15, 0.2) is 23.6 Å². The molecule has 2 aliphatic carbocycles. The minimum atomic E-state index is -2.25. The number of nitrogens with two attached hydrogens (primary N) is 1. The molecule has 3 aliphatic rings. The van der Waals surface area contributed by atoms with Crippen molar-refractivity contribution in [3.8, 4) is 11.5 Å². The highest BCUT2D eigenvalue weighted by Crippen LogP contribution is 2.52. The molecule has 0 bridgehead atoms. The summed E-state index contributed by atoms with van der Waals surface area (Å²) in [7, 11) is 0. The first kappa shape index (κ1) is 30.0. The normalized spacial score (nSPS) is 29.2. The second kappa shape index (κ2) is 10.8. The highest BCUT2D eigenvalue weighted by atomic mass is 35.5. The zero-order chi connectivity index (χ0) is 28.4. The van der Waals surface area contributed by atoms with Crippen molar-refractivity contribution in [3.63, 3.8) is 0 Å². The number of phenols is 2. The van der Waals surface area contributed by atoms with E-state index in [1.165, 1.54) is 18.2 Å². The Morgan fingerprint density at radius 2 is 1.80 bits per heavy atom. The fraction of sp³-hybridized carbons (Fsp3) is 0.444. The Labute approximate surface area is 234 Å². The maximum absolute atomic E-state index is 13.6. The summed E-state index contributed by atoms with van der Waals surface area (Å²) in [5, 5.41) is 63.4. The Balaban J connectivity index is 0.00000370. The van der Waals surface area contributed by atoms with E-state index in [-0.39, 0.29) is 46.6 Å². The Bertz CT molecular complexity index is 1380. The molecule has 8 N–H and O–H groups in total. The summed E-state index contributed by atoms with van der Waals surface area (Å²) in [5.74, 6) is -4.00. The summed E-state index contributed by atoms with van der Waals surface area (Å²) >= 11 is 0. The third kappa shape index (κ3) is 4.50. The number of hydrogen-bond donors (Lipinski definition) is 7. The van der Waals surface area contributed by atoms with Gasteiger partial charge in [0.2, 0.25) is 0 Å². The maximum Gasteiger partial charge on any atom is 0.198 e. The predicted molar refractivity (Wildman–Crippen MR) is 138 cm³/mol. The molecule has 6 atom stereocenters. The number of Topliss-reactive ketones (excluding diaryl/α,β-unsaturated/α-hetero) is 1. The van der Waals surface area contributed by atoms with Crippen LogP contribution in [0.1, 0.15) is 74.4 Å². The lowest BCUT2D eigenvalue weighted by molar-refractivity contribution is -0.247. The maximum atomic E-state index is 13.6. The second-order valence-corrected chi connectivity index (χ2v) is 10.3. The number of benzene rings is 2. The third-order valence-corrected chi connectivity index (χ3v) is 7.88. The van der Waals surface area contributed by atoms with Gasteiger partial charge in [-0.2, -0.15) is 0 Å². The molecule has 0 radical (unpaired) electrons. The van der Waals surface area contributed by atoms with Crippen LogP contribution in [0.5, 0.6) is 11.5 Å². The zero-order valence-electron chi connectivity index (χ0n) is 21.4. The molecule has 0 saturated carbocycles. The molecule has 2 aromatic rings. The van der Waals surface area contributed by atoms with Gasteiger partial charge in [0.05, 0.1) is 36.0 Å². The SMILES string of the molecule is C[C@@H]1O[C@H](OC2C[C@](O)(C(=O)CO)Cc3c(O)c4c(c(O)c32)C(=O)c2c(CO)cccc2C4=O)CC(N)C1O.Cl. The van der Waals surface area contributed by atoms with Gasteiger partial charge in [-0.1, -0.05) is 18.2 Å². The molecule has 2 aromatic carbocycles. The Hall–Kier alpha value is -2.94. The van der Waals surface area contributed by atoms with Gasteiger partial charge in [-0.25, -0.2) is 0 Å². The third-order valence-electron chi connectivity index (χ3n) is 7.88. The van der Waals surface area contributed by atoms with Crippen molar-refractivity contribution in [1.29, 1.82) is 0 Å². The lowest BCUT2D eigenvalue weighted by Crippen LogP contribution is -2.53. The van der Waals surface area contributed by atoms with Crippen LogP contribution in [0, 0.1) is 0 Å². The number of aromatic hydroxyl groups is 2. The van der Waals surface area contributed by atoms with Crippen molar-refractivity contribution in [2.75, 3.05) is 6.61 Å². The first-order valence-corrected chi connectivity index (χ1v) is 12.5. The minimum Gasteiger partial charge on any atom is -0.507 e. The van der Waals surface area contributed by atoms with Crippen molar-refractivity contribution in [2.45, 2.75) is 69.0 Å². The second-order valence-electron chi connectivity index (χ2n) is 10.3. The van der Waals surface area contributed by atoms with Crippen molar-refractivity contribution >= 4 is 29.8 Å². The number of halogens is 1. The standard InChI is InChI=1S/C27H29NO11.ClH/c1-10-22(32)14(28)5-17(38-10)39-15-7-27(37,16(31)9-30)6-13-19(15)26(36)21-20(24(13)34)23(33)12-4-2-3-11(8-29)18(12)25(21)35;/h2-4,10,14-15,17,22,29-30,32,34,36-37H,5-9,28H2,1H3;1H/t10-,14?,15?,17+,22?,27-;/m0./s1. The molecule has 3 unspecified atom stereocenters. The Kier molecular flexibility index (Phi) is 8.11. The molecule has 0 amide bonds. The average Bonchev–Trinajstić information content (AvgIpc) is 2.90. The number of carbonyl (C=O) groups is 3. The molecule has 0 aromatic heterocycles. The summed E-state index contributed by atoms with van der Waals surface area (Å²) in [4.78, 5) is 39.7. The van der Waals surface area contributed by atoms with Crippen molar-refractivity contribution in [2.24, 2.45) is 5.73 Å². The van der Waals surface area contributed by atoms with Gasteiger partial charge in [0.1, 0.15) is 23.7 Å². The van der Waals surface area contributed by atoms with Gasteiger partial charge in [0.25, 0.3) is 0 Å². The van der Waals surface area contributed by atoms with Gasteiger partial charge in [0, 0.05) is 47.6 Å². The van der Waals surface area contributed by atoms with E-state index in [4.69, 9.17) is 15.2 Å². The molecule has 216 valence electrons. The predicted octanol–water partition coefficient (Wildman–Crippen LogP) is -0.0932. The Morgan fingerprint density at radius 1 is 1.12 bits per heavy atom. The first-order chi connectivity index (χ1) is 18.4. The molecule has 1 fully saturated rings. The molecule has 1 aliphatic heterocycles. The zero-order valence-corrected chi connectivity index (χ0v) is 22.2. The van der Waals surface area contributed by atoms with E-state index >= 15 is 0 Å². The van der Waals surface area contributed by atoms with Crippen molar-refractivity contribution in [3.05, 3.63) is 57.1 Å². The van der Waals surface area contributed by atoms with Gasteiger partial charge >= 0.3 is 0 Å². The van der Waals surface area contributed by atoms with Gasteiger partial charge < -0.3 is 45.8 Å². The highest BCUT2D eigenvalue weighted by molar-refractivity contribution is 6.31. The number of carbonyl (C=O) groups excluding carboxylic acids is 3. The summed E-state index contributed by atoms with van der Waals surface area (Å²) in [5.41, 5.74) is 2.35. The lowest BCUT2D eigenvalue weighted by Gasteiger charge is -2.42. The number of ether oxygens (including phenoxy) is 2. The summed E-state index contributed by atoms with van der Waals surface area (Å²) in [6, 6.07) is 3.53. The largest absolute Gasteiger partial charge is 0.507 e. The van der Waals surface area contributed by atoms with E-state index in [1.54, 1.807) is 6.92 Å². The molecule has 5 rings (SSSR count). The van der Waals surface area contributed by atoms with Crippen LogP contribution in [-0.2, 0) is 27.3 Å². The number of phenolic OH excluding ortho intramolecular Hbond substituents is 2. The molecule has 40 heavy (non-hydrogen) atoms. The smallest absolute Gasteiger partial charge is 0.198 e. The molecule has 12 nitrogen and oxygen atoms in total. The summed E-state index contributed by atoms with van der Waals surface area (Å²) in [6.45, 7) is -0.0137. The fourth-order valence-electron chi connectivity index (χ4n) is 5.81. The number of fused-ring (bicyclic) bond motifs is 3. The van der Waals surface area contributed by atoms with E-state index < -0.39 is 102 Å². The van der Waals surface area contributed by atoms with E-state index in [0.29, 0.717) is 0 Å². The van der Waals surface area contributed by atoms with Crippen LogP contribution in [0.4, 0.5) is 0 Å². The number of aliphatic hydroxyl groups is 4. The van der Waals surface area contributed by atoms with Crippen LogP contribution in [-0.4, -0.2) is 84.7 Å². The number of ketones is 3. The Morgan fingerprint density at radius 3 is 2.42 bits per heavy atom. The number of aliphatic hydroxyl groups excluding tert-OH is 3. The minimum absolute atomic E-state index is 0. The van der Waals surface area contributed by atoms with Gasteiger partial charge in [-0.15, -0.1) is 12.4 Å². The van der Waals surface area contributed by atoms with E-state index in [2.05, 4.69) is 0 Å². The molecule has 1 heterocycles.